The van der Waals surface area contributed by atoms with Crippen LogP contribution in [0.3, 0.4) is 0 Å². The van der Waals surface area contributed by atoms with Gasteiger partial charge in [-0.05, 0) is 24.2 Å². The number of fused-ring (bicyclic) bond motifs is 1. The third kappa shape index (κ3) is 5.01. The number of hydrogen-bond donors (Lipinski definition) is 1. The average Bonchev–Trinajstić information content (AvgIpc) is 3.02. The summed E-state index contributed by atoms with van der Waals surface area (Å²) >= 11 is 0. The van der Waals surface area contributed by atoms with Gasteiger partial charge in [-0.1, -0.05) is 37.8 Å². The van der Waals surface area contributed by atoms with Crippen LogP contribution in [0.2, 0.25) is 25.7 Å². The molecule has 0 aliphatic heterocycles. The highest BCUT2D eigenvalue weighted by molar-refractivity contribution is 7.90. The van der Waals surface area contributed by atoms with Crippen molar-refractivity contribution < 1.29 is 13.2 Å². The lowest BCUT2D eigenvalue weighted by Crippen LogP contribution is -2.22. The minimum absolute atomic E-state index is 0.182. The number of rotatable bonds is 8. The molecule has 150 valence electrons. The standard InChI is InChI=1S/C20H27N3O3SSi/c1-27(24,25)18-14-21-20-17(19(18)22-16-8-6-5-7-9-16)10-11-23(20)15-26-12-13-28(2,3)4/h5-11,14H,12-13,15H2,1-4H3,(H,21,22). The van der Waals surface area contributed by atoms with Gasteiger partial charge in [0.15, 0.2) is 9.84 Å². The molecule has 2 aromatic heterocycles. The molecule has 0 spiro atoms. The molecule has 0 fully saturated rings. The maximum atomic E-state index is 12.3. The quantitative estimate of drug-likeness (QED) is 0.432. The van der Waals surface area contributed by atoms with Crippen LogP contribution in [-0.2, 0) is 21.3 Å². The normalized spacial score (nSPS) is 12.4. The Balaban J connectivity index is 1.93. The lowest BCUT2D eigenvalue weighted by Gasteiger charge is -2.16. The summed E-state index contributed by atoms with van der Waals surface area (Å²) in [4.78, 5) is 4.59. The fourth-order valence-corrected chi connectivity index (χ4v) is 4.37. The van der Waals surface area contributed by atoms with Crippen molar-refractivity contribution in [2.24, 2.45) is 0 Å². The Morgan fingerprint density at radius 3 is 2.50 bits per heavy atom. The van der Waals surface area contributed by atoms with E-state index in [-0.39, 0.29) is 4.90 Å². The van der Waals surface area contributed by atoms with Crippen LogP contribution in [0.4, 0.5) is 11.4 Å². The molecule has 0 unspecified atom stereocenters. The van der Waals surface area contributed by atoms with Crippen LogP contribution in [0, 0.1) is 0 Å². The van der Waals surface area contributed by atoms with Crippen molar-refractivity contribution in [3.63, 3.8) is 0 Å². The van der Waals surface area contributed by atoms with E-state index >= 15 is 0 Å². The SMILES string of the molecule is C[Si](C)(C)CCOCn1ccc2c(Nc3ccccc3)c(S(C)(=O)=O)cnc21. The lowest BCUT2D eigenvalue weighted by atomic mass is 10.2. The van der Waals surface area contributed by atoms with Crippen LogP contribution < -0.4 is 5.32 Å². The second-order valence-electron chi connectivity index (χ2n) is 8.13. The van der Waals surface area contributed by atoms with Gasteiger partial charge in [-0.25, -0.2) is 13.4 Å². The summed E-state index contributed by atoms with van der Waals surface area (Å²) < 4.78 is 32.3. The van der Waals surface area contributed by atoms with Crippen molar-refractivity contribution in [2.75, 3.05) is 18.2 Å². The summed E-state index contributed by atoms with van der Waals surface area (Å²) in [7, 11) is -4.57. The first-order chi connectivity index (χ1) is 13.1. The van der Waals surface area contributed by atoms with Crippen molar-refractivity contribution >= 4 is 40.3 Å². The molecule has 6 nitrogen and oxygen atoms in total. The predicted octanol–water partition coefficient (Wildman–Crippen LogP) is 4.50. The van der Waals surface area contributed by atoms with E-state index in [0.29, 0.717) is 24.7 Å². The average molecular weight is 418 g/mol. The van der Waals surface area contributed by atoms with Crippen molar-refractivity contribution in [1.29, 1.82) is 0 Å². The first kappa shape index (κ1) is 20.6. The number of para-hydroxylation sites is 1. The zero-order valence-corrected chi connectivity index (χ0v) is 18.6. The largest absolute Gasteiger partial charge is 0.361 e. The Morgan fingerprint density at radius 1 is 1.14 bits per heavy atom. The molecule has 0 aliphatic rings. The van der Waals surface area contributed by atoms with Crippen molar-refractivity contribution in [2.45, 2.75) is 37.3 Å². The molecule has 0 radical (unpaired) electrons. The minimum Gasteiger partial charge on any atom is -0.361 e. The Bertz CT molecular complexity index is 1060. The summed E-state index contributed by atoms with van der Waals surface area (Å²) in [6, 6.07) is 12.5. The fourth-order valence-electron chi connectivity index (χ4n) is 2.84. The number of benzene rings is 1. The Kier molecular flexibility index (Phi) is 5.92. The Labute approximate surface area is 167 Å². The zero-order valence-electron chi connectivity index (χ0n) is 16.8. The first-order valence-electron chi connectivity index (χ1n) is 9.23. The van der Waals surface area contributed by atoms with Gasteiger partial charge in [0, 0.05) is 38.2 Å². The van der Waals surface area contributed by atoms with Crippen molar-refractivity contribution in [3.05, 3.63) is 48.8 Å². The minimum atomic E-state index is -3.43. The number of ether oxygens (including phenoxy) is 1. The van der Waals surface area contributed by atoms with E-state index in [0.717, 1.165) is 17.1 Å². The van der Waals surface area contributed by atoms with Gasteiger partial charge in [-0.2, -0.15) is 0 Å². The highest BCUT2D eigenvalue weighted by Crippen LogP contribution is 2.32. The van der Waals surface area contributed by atoms with Gasteiger partial charge in [0.05, 0.1) is 11.9 Å². The number of aromatic nitrogens is 2. The van der Waals surface area contributed by atoms with E-state index in [9.17, 15) is 8.42 Å². The van der Waals surface area contributed by atoms with Gasteiger partial charge in [0.2, 0.25) is 0 Å². The monoisotopic (exact) mass is 417 g/mol. The summed E-state index contributed by atoms with van der Waals surface area (Å²) in [5.41, 5.74) is 2.05. The molecule has 0 aliphatic carbocycles. The molecular weight excluding hydrogens is 390 g/mol. The lowest BCUT2D eigenvalue weighted by molar-refractivity contribution is 0.0899. The van der Waals surface area contributed by atoms with Crippen LogP contribution >= 0.6 is 0 Å². The number of anilines is 2. The smallest absolute Gasteiger partial charge is 0.179 e. The third-order valence-electron chi connectivity index (χ3n) is 4.42. The van der Waals surface area contributed by atoms with Crippen molar-refractivity contribution in [3.8, 4) is 0 Å². The van der Waals surface area contributed by atoms with Gasteiger partial charge in [0.25, 0.3) is 0 Å². The van der Waals surface area contributed by atoms with Gasteiger partial charge >= 0.3 is 0 Å². The Morgan fingerprint density at radius 2 is 1.86 bits per heavy atom. The summed E-state index contributed by atoms with van der Waals surface area (Å²) in [6.45, 7) is 8.06. The van der Waals surface area contributed by atoms with Crippen LogP contribution in [0.15, 0.2) is 53.7 Å². The van der Waals surface area contributed by atoms with Crippen molar-refractivity contribution in [1.82, 2.24) is 9.55 Å². The number of sulfone groups is 1. The molecule has 2 heterocycles. The number of hydrogen-bond acceptors (Lipinski definition) is 5. The highest BCUT2D eigenvalue weighted by Gasteiger charge is 2.19. The summed E-state index contributed by atoms with van der Waals surface area (Å²) in [6.07, 6.45) is 4.50. The van der Waals surface area contributed by atoms with Crippen LogP contribution in [-0.4, -0.2) is 38.9 Å². The Hall–Kier alpha value is -2.16. The highest BCUT2D eigenvalue weighted by atomic mass is 32.2. The predicted molar refractivity (Wildman–Crippen MR) is 117 cm³/mol. The number of pyridine rings is 1. The number of nitrogens with zero attached hydrogens (tertiary/aromatic N) is 2. The molecule has 0 saturated heterocycles. The molecule has 1 aromatic carbocycles. The number of nitrogens with one attached hydrogen (secondary N) is 1. The molecule has 0 saturated carbocycles. The molecule has 0 bridgehead atoms. The molecule has 0 atom stereocenters. The van der Waals surface area contributed by atoms with E-state index < -0.39 is 17.9 Å². The summed E-state index contributed by atoms with van der Waals surface area (Å²) in [5, 5.41) is 4.01. The molecule has 1 N–H and O–H groups in total. The van der Waals surface area contributed by atoms with Crippen LogP contribution in [0.25, 0.3) is 11.0 Å². The molecule has 3 rings (SSSR count). The van der Waals surface area contributed by atoms with Gasteiger partial charge < -0.3 is 14.6 Å². The van der Waals surface area contributed by atoms with Gasteiger partial charge in [-0.15, -0.1) is 0 Å². The maximum absolute atomic E-state index is 12.3. The summed E-state index contributed by atoms with van der Waals surface area (Å²) in [5.74, 6) is 0. The van der Waals surface area contributed by atoms with E-state index in [2.05, 4.69) is 29.9 Å². The maximum Gasteiger partial charge on any atom is 0.179 e. The molecule has 8 heteroatoms. The molecular formula is C20H27N3O3SSi. The van der Waals surface area contributed by atoms with Gasteiger partial charge in [-0.3, -0.25) is 0 Å². The topological polar surface area (TPSA) is 73.2 Å². The van der Waals surface area contributed by atoms with E-state index in [1.54, 1.807) is 0 Å². The van der Waals surface area contributed by atoms with Crippen LogP contribution in [0.1, 0.15) is 0 Å². The first-order valence-corrected chi connectivity index (χ1v) is 14.8. The van der Waals surface area contributed by atoms with E-state index in [1.807, 2.05) is 47.2 Å². The molecule has 28 heavy (non-hydrogen) atoms. The van der Waals surface area contributed by atoms with Crippen LogP contribution in [0.5, 0.6) is 0 Å². The fraction of sp³-hybridized carbons (Fsp3) is 0.350. The molecule has 3 aromatic rings. The van der Waals surface area contributed by atoms with E-state index in [1.165, 1.54) is 12.5 Å². The van der Waals surface area contributed by atoms with Gasteiger partial charge in [0.1, 0.15) is 17.3 Å². The third-order valence-corrected chi connectivity index (χ3v) is 7.24. The second-order valence-corrected chi connectivity index (χ2v) is 15.7. The zero-order chi connectivity index (χ0) is 20.4. The molecule has 0 amide bonds. The van der Waals surface area contributed by atoms with E-state index in [4.69, 9.17) is 4.74 Å². The second kappa shape index (κ2) is 8.06.